The van der Waals surface area contributed by atoms with E-state index in [1.165, 1.54) is 25.2 Å². The van der Waals surface area contributed by atoms with Gasteiger partial charge >= 0.3 is 0 Å². The van der Waals surface area contributed by atoms with Gasteiger partial charge in [0, 0.05) is 24.2 Å². The molecule has 0 aliphatic heterocycles. The van der Waals surface area contributed by atoms with Crippen molar-refractivity contribution in [3.63, 3.8) is 0 Å². The molecule has 0 aliphatic rings. The molecule has 1 aromatic carbocycles. The van der Waals surface area contributed by atoms with E-state index >= 15 is 0 Å². The van der Waals surface area contributed by atoms with Gasteiger partial charge in [-0.3, -0.25) is 9.79 Å². The molecule has 1 amide bonds. The van der Waals surface area contributed by atoms with Gasteiger partial charge in [-0.1, -0.05) is 6.92 Å². The van der Waals surface area contributed by atoms with Crippen molar-refractivity contribution in [2.75, 3.05) is 12.4 Å². The van der Waals surface area contributed by atoms with Crippen LogP contribution in [0.25, 0.3) is 0 Å². The number of halogens is 3. The zero-order chi connectivity index (χ0) is 19.3. The summed E-state index contributed by atoms with van der Waals surface area (Å²) in [5.74, 6) is -2.01. The fourth-order valence-electron chi connectivity index (χ4n) is 2.35. The highest BCUT2D eigenvalue weighted by molar-refractivity contribution is 6.02. The monoisotopic (exact) mass is 364 g/mol. The molecule has 8 heteroatoms. The standard InChI is InChI=1S/C18H19F3N4O/c1-10(17(22)23-2)7-15(21)13-8-12(4-5-14(13)20)25-18(26)16-6-3-11(19)9-24-16/h3-6,8-10,15H,7H2,1-2H3,(H2,22,23)(H,25,26). The largest absolute Gasteiger partial charge is 0.387 e. The van der Waals surface area contributed by atoms with E-state index in [1.54, 1.807) is 6.92 Å². The molecule has 2 atom stereocenters. The maximum Gasteiger partial charge on any atom is 0.274 e. The molecule has 2 aromatic rings. The number of aliphatic imine (C=N–C) groups is 1. The third-order valence-corrected chi connectivity index (χ3v) is 3.87. The number of anilines is 1. The Bertz CT molecular complexity index is 809. The summed E-state index contributed by atoms with van der Waals surface area (Å²) in [4.78, 5) is 19.5. The van der Waals surface area contributed by atoms with Crippen molar-refractivity contribution < 1.29 is 18.0 Å². The summed E-state index contributed by atoms with van der Waals surface area (Å²) in [6.45, 7) is 1.69. The van der Waals surface area contributed by atoms with Crippen LogP contribution in [0.2, 0.25) is 0 Å². The molecular formula is C18H19F3N4O. The number of carbonyl (C=O) groups excluding carboxylic acids is 1. The summed E-state index contributed by atoms with van der Waals surface area (Å²) in [7, 11) is 1.50. The smallest absolute Gasteiger partial charge is 0.274 e. The first-order valence-electron chi connectivity index (χ1n) is 7.90. The van der Waals surface area contributed by atoms with Crippen LogP contribution in [0.15, 0.2) is 41.5 Å². The van der Waals surface area contributed by atoms with Crippen molar-refractivity contribution >= 4 is 17.4 Å². The molecule has 2 rings (SSSR count). The highest BCUT2D eigenvalue weighted by Gasteiger charge is 2.21. The lowest BCUT2D eigenvalue weighted by molar-refractivity contribution is 0.102. The van der Waals surface area contributed by atoms with Crippen LogP contribution >= 0.6 is 0 Å². The predicted octanol–water partition coefficient (Wildman–Crippen LogP) is 3.64. The molecule has 3 N–H and O–H groups in total. The van der Waals surface area contributed by atoms with Crippen LogP contribution < -0.4 is 11.1 Å². The number of nitrogens with one attached hydrogen (secondary N) is 1. The number of nitrogens with zero attached hydrogens (tertiary/aromatic N) is 2. The molecule has 0 spiro atoms. The van der Waals surface area contributed by atoms with Gasteiger partial charge in [0.2, 0.25) is 0 Å². The maximum atomic E-state index is 14.5. The fourth-order valence-corrected chi connectivity index (χ4v) is 2.35. The minimum absolute atomic E-state index is 0.0189. The number of rotatable bonds is 6. The van der Waals surface area contributed by atoms with E-state index < -0.39 is 23.7 Å². The third kappa shape index (κ3) is 4.81. The second-order valence-corrected chi connectivity index (χ2v) is 5.80. The molecule has 26 heavy (non-hydrogen) atoms. The topological polar surface area (TPSA) is 80.4 Å². The predicted molar refractivity (Wildman–Crippen MR) is 93.7 cm³/mol. The molecule has 138 valence electrons. The highest BCUT2D eigenvalue weighted by Crippen LogP contribution is 2.29. The number of carbonyl (C=O) groups is 1. The Morgan fingerprint density at radius 1 is 1.31 bits per heavy atom. The number of amides is 1. The minimum atomic E-state index is -1.62. The van der Waals surface area contributed by atoms with Crippen LogP contribution in [-0.4, -0.2) is 23.8 Å². The van der Waals surface area contributed by atoms with E-state index in [2.05, 4.69) is 15.3 Å². The number of hydrogen-bond acceptors (Lipinski definition) is 3. The summed E-state index contributed by atoms with van der Waals surface area (Å²) in [6, 6.07) is 5.89. The average Bonchev–Trinajstić information content (AvgIpc) is 2.62. The van der Waals surface area contributed by atoms with Crippen LogP contribution in [0, 0.1) is 17.6 Å². The van der Waals surface area contributed by atoms with E-state index in [1.807, 2.05) is 0 Å². The van der Waals surface area contributed by atoms with E-state index in [4.69, 9.17) is 5.73 Å². The Morgan fingerprint density at radius 2 is 2.04 bits per heavy atom. The summed E-state index contributed by atoms with van der Waals surface area (Å²) < 4.78 is 41.4. The number of nitrogens with two attached hydrogens (primary N) is 1. The van der Waals surface area contributed by atoms with E-state index in [0.717, 1.165) is 18.3 Å². The first-order valence-corrected chi connectivity index (χ1v) is 7.90. The Kier molecular flexibility index (Phi) is 6.32. The van der Waals surface area contributed by atoms with Crippen molar-refractivity contribution in [3.05, 3.63) is 59.4 Å². The summed E-state index contributed by atoms with van der Waals surface area (Å²) in [6.07, 6.45) is -0.758. The lowest BCUT2D eigenvalue weighted by Crippen LogP contribution is -2.22. The molecule has 5 nitrogen and oxygen atoms in total. The van der Waals surface area contributed by atoms with Crippen molar-refractivity contribution in [3.8, 4) is 0 Å². The number of benzene rings is 1. The minimum Gasteiger partial charge on any atom is -0.387 e. The molecule has 0 saturated carbocycles. The van der Waals surface area contributed by atoms with Gasteiger partial charge in [0.05, 0.1) is 12.0 Å². The molecule has 0 radical (unpaired) electrons. The molecule has 1 aromatic heterocycles. The van der Waals surface area contributed by atoms with Crippen molar-refractivity contribution in [1.82, 2.24) is 4.98 Å². The second kappa shape index (κ2) is 8.46. The molecule has 1 heterocycles. The maximum absolute atomic E-state index is 14.5. The first kappa shape index (κ1) is 19.4. The van der Waals surface area contributed by atoms with Crippen molar-refractivity contribution in [1.29, 1.82) is 0 Å². The lowest BCUT2D eigenvalue weighted by atomic mass is 9.97. The summed E-state index contributed by atoms with van der Waals surface area (Å²) in [5, 5.41) is 2.48. The molecule has 0 saturated heterocycles. The van der Waals surface area contributed by atoms with E-state index in [9.17, 15) is 18.0 Å². The van der Waals surface area contributed by atoms with Gasteiger partial charge in [0.25, 0.3) is 5.91 Å². The van der Waals surface area contributed by atoms with Crippen LogP contribution in [0.4, 0.5) is 18.9 Å². The number of hydrogen-bond donors (Lipinski definition) is 2. The molecular weight excluding hydrogens is 345 g/mol. The van der Waals surface area contributed by atoms with Gasteiger partial charge in [-0.05, 0) is 36.8 Å². The van der Waals surface area contributed by atoms with Gasteiger partial charge < -0.3 is 11.1 Å². The highest BCUT2D eigenvalue weighted by atomic mass is 19.1. The third-order valence-electron chi connectivity index (χ3n) is 3.87. The molecule has 2 unspecified atom stereocenters. The van der Waals surface area contributed by atoms with E-state index in [0.29, 0.717) is 0 Å². The Balaban J connectivity index is 2.15. The van der Waals surface area contributed by atoms with Gasteiger partial charge in [0.15, 0.2) is 0 Å². The number of pyridine rings is 1. The Morgan fingerprint density at radius 3 is 2.65 bits per heavy atom. The van der Waals surface area contributed by atoms with Gasteiger partial charge in [-0.15, -0.1) is 0 Å². The molecule has 0 bridgehead atoms. The number of amidine groups is 1. The van der Waals surface area contributed by atoms with E-state index in [-0.39, 0.29) is 35.1 Å². The SMILES string of the molecule is C/N=C(/N)C(C)CC(F)c1cc(NC(=O)c2ccc(F)cn2)ccc1F. The van der Waals surface area contributed by atoms with Crippen molar-refractivity contribution in [2.45, 2.75) is 19.5 Å². The van der Waals surface area contributed by atoms with Gasteiger partial charge in [-0.25, -0.2) is 18.2 Å². The zero-order valence-electron chi connectivity index (χ0n) is 14.3. The second-order valence-electron chi connectivity index (χ2n) is 5.80. The lowest BCUT2D eigenvalue weighted by Gasteiger charge is -2.16. The Labute approximate surface area is 149 Å². The normalized spacial score (nSPS) is 14.0. The Hall–Kier alpha value is -2.90. The molecule has 0 aliphatic carbocycles. The van der Waals surface area contributed by atoms with Crippen LogP contribution in [-0.2, 0) is 0 Å². The first-order chi connectivity index (χ1) is 12.3. The number of aromatic nitrogens is 1. The van der Waals surface area contributed by atoms with Crippen molar-refractivity contribution in [2.24, 2.45) is 16.6 Å². The summed E-state index contributed by atoms with van der Waals surface area (Å²) in [5.41, 5.74) is 5.64. The van der Waals surface area contributed by atoms with Crippen LogP contribution in [0.5, 0.6) is 0 Å². The average molecular weight is 364 g/mol. The summed E-state index contributed by atoms with van der Waals surface area (Å²) >= 11 is 0. The van der Waals surface area contributed by atoms with Gasteiger partial charge in [0.1, 0.15) is 23.5 Å². The number of alkyl halides is 1. The quantitative estimate of drug-likeness (QED) is 0.607. The fraction of sp³-hybridized carbons (Fsp3) is 0.278. The molecule has 0 fully saturated rings. The van der Waals surface area contributed by atoms with Gasteiger partial charge in [-0.2, -0.15) is 0 Å². The van der Waals surface area contributed by atoms with Crippen LogP contribution in [0.3, 0.4) is 0 Å². The zero-order valence-corrected chi connectivity index (χ0v) is 14.3. The van der Waals surface area contributed by atoms with Crippen LogP contribution in [0.1, 0.15) is 35.6 Å².